The molecule has 3 nitrogen and oxygen atoms in total. The van der Waals surface area contributed by atoms with E-state index in [1.54, 1.807) is 30.8 Å². The Bertz CT molecular complexity index is 339. The quantitative estimate of drug-likeness (QED) is 0.613. The summed E-state index contributed by atoms with van der Waals surface area (Å²) in [7, 11) is 0. The fourth-order valence-corrected chi connectivity index (χ4v) is 2.10. The van der Waals surface area contributed by atoms with Crippen molar-refractivity contribution in [3.63, 3.8) is 0 Å². The summed E-state index contributed by atoms with van der Waals surface area (Å²) in [5.74, 6) is 1.68. The highest BCUT2D eigenvalue weighted by Crippen LogP contribution is 2.17. The van der Waals surface area contributed by atoms with Gasteiger partial charge in [-0.05, 0) is 24.6 Å². The molecule has 0 radical (unpaired) electrons. The van der Waals surface area contributed by atoms with E-state index in [-0.39, 0.29) is 11.7 Å². The molecule has 4 heteroatoms. The highest BCUT2D eigenvalue weighted by atomic mass is 32.2. The Hall–Kier alpha value is -1.16. The summed E-state index contributed by atoms with van der Waals surface area (Å²) >= 11 is 1.66. The van der Waals surface area contributed by atoms with E-state index < -0.39 is 0 Å². The monoisotopic (exact) mass is 240 g/mol. The number of ether oxygens (including phenoxy) is 1. The second-order valence-corrected chi connectivity index (χ2v) is 4.38. The molecule has 0 fully saturated rings. The Morgan fingerprint density at radius 1 is 1.50 bits per heavy atom. The molecule has 0 aliphatic rings. The fraction of sp³-hybridized carbons (Fsp3) is 0.417. The van der Waals surface area contributed by atoms with Crippen LogP contribution in [-0.4, -0.2) is 23.4 Å². The standard InChI is InChI=1S/C12H16O3S/c1-2-15-12(14)6-7-16-9-10-4-3-5-11(13)8-10/h3-5,8,13H,2,6-7,9H2,1H3. The van der Waals surface area contributed by atoms with Gasteiger partial charge in [0.15, 0.2) is 0 Å². The van der Waals surface area contributed by atoms with Crippen LogP contribution in [0.25, 0.3) is 0 Å². The molecule has 0 saturated carbocycles. The molecule has 1 aromatic carbocycles. The maximum atomic E-state index is 11.0. The van der Waals surface area contributed by atoms with Gasteiger partial charge in [-0.2, -0.15) is 11.8 Å². The van der Waals surface area contributed by atoms with Crippen molar-refractivity contribution >= 4 is 17.7 Å². The highest BCUT2D eigenvalue weighted by molar-refractivity contribution is 7.98. The number of phenols is 1. The van der Waals surface area contributed by atoms with Crippen LogP contribution in [0.2, 0.25) is 0 Å². The van der Waals surface area contributed by atoms with E-state index in [4.69, 9.17) is 4.74 Å². The highest BCUT2D eigenvalue weighted by Gasteiger charge is 2.01. The van der Waals surface area contributed by atoms with E-state index >= 15 is 0 Å². The predicted octanol–water partition coefficient (Wildman–Crippen LogP) is 2.58. The number of phenolic OH excluding ortho intramolecular Hbond substituents is 1. The minimum absolute atomic E-state index is 0.147. The number of benzene rings is 1. The number of carbonyl (C=O) groups excluding carboxylic acids is 1. The molecule has 16 heavy (non-hydrogen) atoms. The molecule has 0 spiro atoms. The van der Waals surface area contributed by atoms with Gasteiger partial charge in [-0.3, -0.25) is 4.79 Å². The number of rotatable bonds is 6. The van der Waals surface area contributed by atoms with E-state index in [9.17, 15) is 9.90 Å². The Labute approximate surface area is 99.8 Å². The van der Waals surface area contributed by atoms with Gasteiger partial charge in [0.25, 0.3) is 0 Å². The van der Waals surface area contributed by atoms with Crippen molar-refractivity contribution in [2.45, 2.75) is 19.1 Å². The lowest BCUT2D eigenvalue weighted by Gasteiger charge is -2.03. The molecule has 0 amide bonds. The van der Waals surface area contributed by atoms with Crippen LogP contribution in [0.5, 0.6) is 5.75 Å². The Morgan fingerprint density at radius 2 is 2.31 bits per heavy atom. The molecular formula is C12H16O3S. The third-order valence-corrected chi connectivity index (χ3v) is 2.97. The summed E-state index contributed by atoms with van der Waals surface area (Å²) in [6.45, 7) is 2.24. The molecule has 0 aliphatic heterocycles. The molecule has 0 unspecified atom stereocenters. The minimum Gasteiger partial charge on any atom is -0.508 e. The van der Waals surface area contributed by atoms with Crippen LogP contribution >= 0.6 is 11.8 Å². The second-order valence-electron chi connectivity index (χ2n) is 3.28. The van der Waals surface area contributed by atoms with Crippen molar-refractivity contribution in [3.8, 4) is 5.75 Å². The number of thioether (sulfide) groups is 1. The number of esters is 1. The van der Waals surface area contributed by atoms with Crippen LogP contribution in [0.3, 0.4) is 0 Å². The summed E-state index contributed by atoms with van der Waals surface area (Å²) in [4.78, 5) is 11.0. The van der Waals surface area contributed by atoms with E-state index in [1.165, 1.54) is 0 Å². The number of carbonyl (C=O) groups is 1. The molecule has 1 aromatic rings. The number of hydrogen-bond donors (Lipinski definition) is 1. The summed E-state index contributed by atoms with van der Waals surface area (Å²) in [6.07, 6.45) is 0.442. The predicted molar refractivity (Wildman–Crippen MR) is 65.5 cm³/mol. The van der Waals surface area contributed by atoms with Gasteiger partial charge >= 0.3 is 5.97 Å². The van der Waals surface area contributed by atoms with Crippen molar-refractivity contribution in [1.82, 2.24) is 0 Å². The van der Waals surface area contributed by atoms with Crippen molar-refractivity contribution in [2.24, 2.45) is 0 Å². The van der Waals surface area contributed by atoms with Crippen LogP contribution in [0.4, 0.5) is 0 Å². The van der Waals surface area contributed by atoms with Gasteiger partial charge in [0.2, 0.25) is 0 Å². The molecule has 0 aliphatic carbocycles. The maximum Gasteiger partial charge on any atom is 0.306 e. The van der Waals surface area contributed by atoms with Crippen LogP contribution < -0.4 is 0 Å². The SMILES string of the molecule is CCOC(=O)CCSCc1cccc(O)c1. The third kappa shape index (κ3) is 5.07. The lowest BCUT2D eigenvalue weighted by molar-refractivity contribution is -0.142. The fourth-order valence-electron chi connectivity index (χ4n) is 1.22. The van der Waals surface area contributed by atoms with E-state index in [0.717, 1.165) is 17.1 Å². The average molecular weight is 240 g/mol. The van der Waals surface area contributed by atoms with Gasteiger partial charge in [0.1, 0.15) is 5.75 Å². The van der Waals surface area contributed by atoms with Crippen molar-refractivity contribution < 1.29 is 14.6 Å². The van der Waals surface area contributed by atoms with Crippen LogP contribution in [-0.2, 0) is 15.3 Å². The molecule has 1 rings (SSSR count). The van der Waals surface area contributed by atoms with Gasteiger partial charge < -0.3 is 9.84 Å². The third-order valence-electron chi connectivity index (χ3n) is 1.94. The lowest BCUT2D eigenvalue weighted by Crippen LogP contribution is -2.04. The van der Waals surface area contributed by atoms with Crippen LogP contribution in [0.15, 0.2) is 24.3 Å². The van der Waals surface area contributed by atoms with E-state index in [1.807, 2.05) is 12.1 Å². The topological polar surface area (TPSA) is 46.5 Å². The molecule has 88 valence electrons. The number of aromatic hydroxyl groups is 1. The Morgan fingerprint density at radius 3 is 3.00 bits per heavy atom. The van der Waals surface area contributed by atoms with Crippen molar-refractivity contribution in [2.75, 3.05) is 12.4 Å². The molecule has 0 atom stereocenters. The van der Waals surface area contributed by atoms with E-state index in [2.05, 4.69) is 0 Å². The minimum atomic E-state index is -0.147. The number of hydrogen-bond acceptors (Lipinski definition) is 4. The first-order valence-corrected chi connectivity index (χ1v) is 6.39. The normalized spacial score (nSPS) is 10.1. The summed E-state index contributed by atoms with van der Waals surface area (Å²) in [5, 5.41) is 9.24. The second kappa shape index (κ2) is 7.17. The van der Waals surface area contributed by atoms with Gasteiger partial charge in [0.05, 0.1) is 13.0 Å². The summed E-state index contributed by atoms with van der Waals surface area (Å²) in [6, 6.07) is 7.15. The van der Waals surface area contributed by atoms with Gasteiger partial charge in [-0.25, -0.2) is 0 Å². The zero-order valence-electron chi connectivity index (χ0n) is 9.31. The van der Waals surface area contributed by atoms with Crippen LogP contribution in [0, 0.1) is 0 Å². The molecule has 0 aromatic heterocycles. The van der Waals surface area contributed by atoms with E-state index in [0.29, 0.717) is 13.0 Å². The molecule has 0 saturated heterocycles. The first-order valence-electron chi connectivity index (χ1n) is 5.23. The maximum absolute atomic E-state index is 11.0. The Kier molecular flexibility index (Phi) is 5.78. The largest absolute Gasteiger partial charge is 0.508 e. The van der Waals surface area contributed by atoms with Gasteiger partial charge in [0, 0.05) is 11.5 Å². The zero-order chi connectivity index (χ0) is 11.8. The Balaban J connectivity index is 2.18. The van der Waals surface area contributed by atoms with Crippen molar-refractivity contribution in [1.29, 1.82) is 0 Å². The molecule has 1 N–H and O–H groups in total. The first kappa shape index (κ1) is 12.9. The van der Waals surface area contributed by atoms with Crippen molar-refractivity contribution in [3.05, 3.63) is 29.8 Å². The lowest BCUT2D eigenvalue weighted by atomic mass is 10.2. The first-order chi connectivity index (χ1) is 7.72. The van der Waals surface area contributed by atoms with Gasteiger partial charge in [-0.1, -0.05) is 12.1 Å². The average Bonchev–Trinajstić information content (AvgIpc) is 2.25. The smallest absolute Gasteiger partial charge is 0.306 e. The van der Waals surface area contributed by atoms with Gasteiger partial charge in [-0.15, -0.1) is 0 Å². The van der Waals surface area contributed by atoms with Crippen LogP contribution in [0.1, 0.15) is 18.9 Å². The summed E-state index contributed by atoms with van der Waals surface area (Å²) < 4.78 is 4.82. The zero-order valence-corrected chi connectivity index (χ0v) is 10.1. The molecule has 0 bridgehead atoms. The molecule has 0 heterocycles. The summed E-state index contributed by atoms with van der Waals surface area (Å²) in [5.41, 5.74) is 1.06. The molecular weight excluding hydrogens is 224 g/mol.